The predicted octanol–water partition coefficient (Wildman–Crippen LogP) is 3.45. The lowest BCUT2D eigenvalue weighted by molar-refractivity contribution is 0.303. The molecule has 0 heterocycles. The second-order valence-electron chi connectivity index (χ2n) is 4.46. The van der Waals surface area contributed by atoms with E-state index >= 15 is 0 Å². The number of nitriles is 1. The van der Waals surface area contributed by atoms with E-state index in [1.807, 2.05) is 36.4 Å². The third kappa shape index (κ3) is 3.39. The van der Waals surface area contributed by atoms with Crippen LogP contribution in [-0.4, -0.2) is 0 Å². The maximum atomic E-state index is 8.76. The lowest BCUT2D eigenvalue weighted by Crippen LogP contribution is -1.99. The summed E-state index contributed by atoms with van der Waals surface area (Å²) in [5.41, 5.74) is 9.18. The number of ether oxygens (including phenoxy) is 1. The van der Waals surface area contributed by atoms with Gasteiger partial charge in [0.25, 0.3) is 0 Å². The molecule has 3 nitrogen and oxygen atoms in total. The molecule has 0 fully saturated rings. The standard InChI is InChI=1S/C17H16N2O/c1-2-3-15-10-16(19)8-9-17(15)20-12-14-6-4-13(11-18)5-7-14/h2,4-10H,1,3,12,19H2. The normalized spacial score (nSPS) is 9.75. The minimum atomic E-state index is 0.458. The molecule has 0 atom stereocenters. The van der Waals surface area contributed by atoms with Gasteiger partial charge in [-0.3, -0.25) is 0 Å². The quantitative estimate of drug-likeness (QED) is 0.664. The molecule has 0 unspecified atom stereocenters. The highest BCUT2D eigenvalue weighted by atomic mass is 16.5. The molecule has 0 aliphatic rings. The molecule has 0 aliphatic heterocycles. The average Bonchev–Trinajstić information content (AvgIpc) is 2.47. The Labute approximate surface area is 118 Å². The summed E-state index contributed by atoms with van der Waals surface area (Å²) < 4.78 is 5.82. The molecule has 0 aliphatic carbocycles. The van der Waals surface area contributed by atoms with Gasteiger partial charge in [-0.05, 0) is 47.9 Å². The van der Waals surface area contributed by atoms with Crippen LogP contribution in [0.15, 0.2) is 55.1 Å². The van der Waals surface area contributed by atoms with E-state index in [0.29, 0.717) is 24.3 Å². The van der Waals surface area contributed by atoms with E-state index in [0.717, 1.165) is 16.9 Å². The van der Waals surface area contributed by atoms with Gasteiger partial charge in [0.1, 0.15) is 12.4 Å². The molecule has 0 saturated carbocycles. The number of hydrogen-bond donors (Lipinski definition) is 1. The molecule has 0 bridgehead atoms. The number of anilines is 1. The molecule has 0 radical (unpaired) electrons. The van der Waals surface area contributed by atoms with E-state index in [1.54, 1.807) is 12.1 Å². The van der Waals surface area contributed by atoms with Gasteiger partial charge in [-0.25, -0.2) is 0 Å². The van der Waals surface area contributed by atoms with Gasteiger partial charge in [0.15, 0.2) is 0 Å². The van der Waals surface area contributed by atoms with Gasteiger partial charge >= 0.3 is 0 Å². The van der Waals surface area contributed by atoms with Gasteiger partial charge in [0.05, 0.1) is 11.6 Å². The summed E-state index contributed by atoms with van der Waals surface area (Å²) in [4.78, 5) is 0. The van der Waals surface area contributed by atoms with Crippen LogP contribution in [0.5, 0.6) is 5.75 Å². The van der Waals surface area contributed by atoms with Crippen LogP contribution in [0.1, 0.15) is 16.7 Å². The molecule has 2 rings (SSSR count). The number of nitrogen functional groups attached to an aromatic ring is 1. The highest BCUT2D eigenvalue weighted by Crippen LogP contribution is 2.23. The van der Waals surface area contributed by atoms with Crippen molar-refractivity contribution in [3.8, 4) is 11.8 Å². The van der Waals surface area contributed by atoms with Gasteiger partial charge in [-0.1, -0.05) is 18.2 Å². The van der Waals surface area contributed by atoms with Crippen LogP contribution in [0.4, 0.5) is 5.69 Å². The van der Waals surface area contributed by atoms with Crippen molar-refractivity contribution in [2.24, 2.45) is 0 Å². The summed E-state index contributed by atoms with van der Waals surface area (Å²) in [6.45, 7) is 4.20. The summed E-state index contributed by atoms with van der Waals surface area (Å²) >= 11 is 0. The molecular formula is C17H16N2O. The second-order valence-corrected chi connectivity index (χ2v) is 4.46. The predicted molar refractivity (Wildman–Crippen MR) is 80.2 cm³/mol. The first-order valence-corrected chi connectivity index (χ1v) is 6.34. The summed E-state index contributed by atoms with van der Waals surface area (Å²) in [6, 6.07) is 15.0. The van der Waals surface area contributed by atoms with Crippen molar-refractivity contribution < 1.29 is 4.74 Å². The van der Waals surface area contributed by atoms with Crippen molar-refractivity contribution in [2.75, 3.05) is 5.73 Å². The first-order chi connectivity index (χ1) is 9.72. The van der Waals surface area contributed by atoms with Crippen LogP contribution in [-0.2, 0) is 13.0 Å². The molecule has 0 saturated heterocycles. The topological polar surface area (TPSA) is 59.0 Å². The number of allylic oxidation sites excluding steroid dienone is 1. The molecular weight excluding hydrogens is 248 g/mol. The maximum Gasteiger partial charge on any atom is 0.123 e. The Morgan fingerprint density at radius 1 is 1.20 bits per heavy atom. The molecule has 0 aromatic heterocycles. The summed E-state index contributed by atoms with van der Waals surface area (Å²) in [5.74, 6) is 0.809. The first-order valence-electron chi connectivity index (χ1n) is 6.34. The van der Waals surface area contributed by atoms with Gasteiger partial charge in [-0.2, -0.15) is 5.26 Å². The largest absolute Gasteiger partial charge is 0.489 e. The Hall–Kier alpha value is -2.73. The third-order valence-electron chi connectivity index (χ3n) is 2.93. The van der Waals surface area contributed by atoms with Crippen LogP contribution in [0, 0.1) is 11.3 Å². The molecule has 2 aromatic rings. The van der Waals surface area contributed by atoms with Gasteiger partial charge < -0.3 is 10.5 Å². The summed E-state index contributed by atoms with van der Waals surface area (Å²) in [7, 11) is 0. The smallest absolute Gasteiger partial charge is 0.123 e. The fourth-order valence-electron chi connectivity index (χ4n) is 1.89. The van der Waals surface area contributed by atoms with Crippen LogP contribution in [0.25, 0.3) is 0 Å². The van der Waals surface area contributed by atoms with Gasteiger partial charge in [-0.15, -0.1) is 6.58 Å². The first kappa shape index (κ1) is 13.7. The lowest BCUT2D eigenvalue weighted by atomic mass is 10.1. The summed E-state index contributed by atoms with van der Waals surface area (Å²) in [6.07, 6.45) is 2.54. The van der Waals surface area contributed by atoms with Crippen molar-refractivity contribution in [3.63, 3.8) is 0 Å². The van der Waals surface area contributed by atoms with E-state index in [-0.39, 0.29) is 0 Å². The van der Waals surface area contributed by atoms with E-state index in [4.69, 9.17) is 15.7 Å². The molecule has 20 heavy (non-hydrogen) atoms. The van der Waals surface area contributed by atoms with Crippen molar-refractivity contribution in [1.82, 2.24) is 0 Å². The zero-order chi connectivity index (χ0) is 14.4. The van der Waals surface area contributed by atoms with Gasteiger partial charge in [0, 0.05) is 5.69 Å². The van der Waals surface area contributed by atoms with Crippen LogP contribution >= 0.6 is 0 Å². The number of benzene rings is 2. The molecule has 100 valence electrons. The Morgan fingerprint density at radius 2 is 1.95 bits per heavy atom. The lowest BCUT2D eigenvalue weighted by Gasteiger charge is -2.11. The Bertz CT molecular complexity index is 639. The maximum absolute atomic E-state index is 8.76. The van der Waals surface area contributed by atoms with Crippen molar-refractivity contribution >= 4 is 5.69 Å². The fourth-order valence-corrected chi connectivity index (χ4v) is 1.89. The Balaban J connectivity index is 2.09. The monoisotopic (exact) mass is 264 g/mol. The highest BCUT2D eigenvalue weighted by Gasteiger charge is 2.04. The molecule has 2 N–H and O–H groups in total. The molecule has 0 spiro atoms. The fraction of sp³-hybridized carbons (Fsp3) is 0.118. The number of nitrogens with two attached hydrogens (primary N) is 1. The zero-order valence-corrected chi connectivity index (χ0v) is 11.2. The number of hydrogen-bond acceptors (Lipinski definition) is 3. The van der Waals surface area contributed by atoms with E-state index in [9.17, 15) is 0 Å². The van der Waals surface area contributed by atoms with Crippen LogP contribution < -0.4 is 10.5 Å². The minimum absolute atomic E-state index is 0.458. The number of rotatable bonds is 5. The number of nitrogens with zero attached hydrogens (tertiary/aromatic N) is 1. The Morgan fingerprint density at radius 3 is 2.60 bits per heavy atom. The van der Waals surface area contributed by atoms with E-state index < -0.39 is 0 Å². The average molecular weight is 264 g/mol. The van der Waals surface area contributed by atoms with E-state index in [2.05, 4.69) is 12.6 Å². The highest BCUT2D eigenvalue weighted by molar-refractivity contribution is 5.48. The van der Waals surface area contributed by atoms with Crippen LogP contribution in [0.2, 0.25) is 0 Å². The SMILES string of the molecule is C=CCc1cc(N)ccc1OCc1ccc(C#N)cc1. The van der Waals surface area contributed by atoms with Crippen molar-refractivity contribution in [2.45, 2.75) is 13.0 Å². The van der Waals surface area contributed by atoms with Crippen LogP contribution in [0.3, 0.4) is 0 Å². The molecule has 2 aromatic carbocycles. The summed E-state index contributed by atoms with van der Waals surface area (Å²) in [5, 5.41) is 8.76. The van der Waals surface area contributed by atoms with Crippen molar-refractivity contribution in [3.05, 3.63) is 71.8 Å². The third-order valence-corrected chi connectivity index (χ3v) is 2.93. The zero-order valence-electron chi connectivity index (χ0n) is 11.2. The molecule has 3 heteroatoms. The van der Waals surface area contributed by atoms with Crippen molar-refractivity contribution in [1.29, 1.82) is 5.26 Å². The molecule has 0 amide bonds. The van der Waals surface area contributed by atoms with E-state index in [1.165, 1.54) is 0 Å². The Kier molecular flexibility index (Phi) is 4.41. The second kappa shape index (κ2) is 6.44. The minimum Gasteiger partial charge on any atom is -0.489 e. The van der Waals surface area contributed by atoms with Gasteiger partial charge in [0.2, 0.25) is 0 Å².